The van der Waals surface area contributed by atoms with Gasteiger partial charge in [-0.2, -0.15) is 0 Å². The molecule has 0 amide bonds. The largest absolute Gasteiger partial charge is 0.385 e. The standard InChI is InChI=1S/C6H15O4P/c1-4(7)11(10,5(2)8)6(3)9/h4-9H,1-3H3. The predicted octanol–water partition coefficient (Wildman–Crippen LogP) is 0.364. The Labute approximate surface area is 66.2 Å². The minimum absolute atomic E-state index is 1.16. The zero-order chi connectivity index (χ0) is 9.23. The van der Waals surface area contributed by atoms with Gasteiger partial charge >= 0.3 is 0 Å². The molecule has 0 aromatic carbocycles. The fraction of sp³-hybridized carbons (Fsp3) is 1.00. The van der Waals surface area contributed by atoms with Crippen molar-refractivity contribution >= 4 is 7.14 Å². The van der Waals surface area contributed by atoms with Crippen LogP contribution in [0.25, 0.3) is 0 Å². The van der Waals surface area contributed by atoms with Gasteiger partial charge in [-0.3, -0.25) is 0 Å². The summed E-state index contributed by atoms with van der Waals surface area (Å²) in [6, 6.07) is 0. The molecule has 3 atom stereocenters. The van der Waals surface area contributed by atoms with E-state index in [0.717, 1.165) is 0 Å². The van der Waals surface area contributed by atoms with E-state index in [0.29, 0.717) is 0 Å². The van der Waals surface area contributed by atoms with Crippen LogP contribution >= 0.6 is 7.14 Å². The first-order valence-corrected chi connectivity index (χ1v) is 5.38. The molecule has 0 fully saturated rings. The molecule has 0 aromatic rings. The monoisotopic (exact) mass is 182 g/mol. The Kier molecular flexibility index (Phi) is 3.71. The second kappa shape index (κ2) is 3.68. The number of hydrogen-bond acceptors (Lipinski definition) is 4. The zero-order valence-electron chi connectivity index (χ0n) is 6.93. The van der Waals surface area contributed by atoms with Gasteiger partial charge in [-0.15, -0.1) is 0 Å². The van der Waals surface area contributed by atoms with Gasteiger partial charge in [-0.1, -0.05) is 0 Å². The summed E-state index contributed by atoms with van der Waals surface area (Å²) in [5, 5.41) is 27.1. The highest BCUT2D eigenvalue weighted by molar-refractivity contribution is 7.65. The molecule has 0 rings (SSSR count). The van der Waals surface area contributed by atoms with E-state index in [-0.39, 0.29) is 0 Å². The quantitative estimate of drug-likeness (QED) is 0.551. The van der Waals surface area contributed by atoms with Gasteiger partial charge in [-0.05, 0) is 20.8 Å². The van der Waals surface area contributed by atoms with E-state index in [1.54, 1.807) is 0 Å². The summed E-state index contributed by atoms with van der Waals surface area (Å²) in [6.45, 7) is 3.92. The summed E-state index contributed by atoms with van der Waals surface area (Å²) < 4.78 is 11.6. The van der Waals surface area contributed by atoms with Crippen molar-refractivity contribution in [3.63, 3.8) is 0 Å². The lowest BCUT2D eigenvalue weighted by Gasteiger charge is -2.26. The van der Waals surface area contributed by atoms with Crippen LogP contribution in [0.1, 0.15) is 20.8 Å². The molecule has 0 aliphatic rings. The first-order chi connectivity index (χ1) is 4.83. The average molecular weight is 182 g/mol. The Morgan fingerprint density at radius 1 is 0.909 bits per heavy atom. The summed E-state index contributed by atoms with van der Waals surface area (Å²) in [5.41, 5.74) is 0. The Hall–Kier alpha value is 0.110. The van der Waals surface area contributed by atoms with Gasteiger partial charge < -0.3 is 19.9 Å². The number of aliphatic hydroxyl groups excluding tert-OH is 3. The second-order valence-corrected chi connectivity index (χ2v) is 6.43. The van der Waals surface area contributed by atoms with E-state index in [1.807, 2.05) is 0 Å². The Morgan fingerprint density at radius 3 is 1.09 bits per heavy atom. The van der Waals surface area contributed by atoms with Crippen LogP contribution in [0.15, 0.2) is 0 Å². The molecule has 3 unspecified atom stereocenters. The number of rotatable bonds is 3. The van der Waals surface area contributed by atoms with Crippen molar-refractivity contribution in [3.8, 4) is 0 Å². The highest BCUT2D eigenvalue weighted by Crippen LogP contribution is 2.56. The van der Waals surface area contributed by atoms with Gasteiger partial charge in [0.25, 0.3) is 0 Å². The molecule has 0 saturated carbocycles. The molecule has 0 aliphatic carbocycles. The maximum atomic E-state index is 11.6. The molecular weight excluding hydrogens is 167 g/mol. The maximum absolute atomic E-state index is 11.6. The van der Waals surface area contributed by atoms with Crippen LogP contribution in [-0.2, 0) is 4.57 Å². The minimum Gasteiger partial charge on any atom is -0.385 e. The molecule has 0 bridgehead atoms. The molecule has 0 spiro atoms. The molecule has 0 radical (unpaired) electrons. The van der Waals surface area contributed by atoms with Crippen molar-refractivity contribution in [2.75, 3.05) is 0 Å². The molecule has 68 valence electrons. The predicted molar refractivity (Wildman–Crippen MR) is 42.6 cm³/mol. The molecule has 5 heteroatoms. The molecule has 4 nitrogen and oxygen atoms in total. The second-order valence-electron chi connectivity index (χ2n) is 2.66. The van der Waals surface area contributed by atoms with Crippen molar-refractivity contribution in [3.05, 3.63) is 0 Å². The minimum atomic E-state index is -3.27. The van der Waals surface area contributed by atoms with Crippen molar-refractivity contribution in [1.29, 1.82) is 0 Å². The Bertz CT molecular complexity index is 135. The Balaban J connectivity index is 4.69. The van der Waals surface area contributed by atoms with Gasteiger partial charge in [0.05, 0.1) is 0 Å². The summed E-state index contributed by atoms with van der Waals surface area (Å²) in [4.78, 5) is 0. The summed E-state index contributed by atoms with van der Waals surface area (Å²) >= 11 is 0. The van der Waals surface area contributed by atoms with Crippen molar-refractivity contribution in [2.45, 2.75) is 38.3 Å². The summed E-state index contributed by atoms with van der Waals surface area (Å²) in [5.74, 6) is -3.49. The highest BCUT2D eigenvalue weighted by Gasteiger charge is 2.38. The number of hydrogen-bond donors (Lipinski definition) is 3. The lowest BCUT2D eigenvalue weighted by Crippen LogP contribution is -2.21. The van der Waals surface area contributed by atoms with Crippen LogP contribution in [0, 0.1) is 0 Å². The topological polar surface area (TPSA) is 77.8 Å². The highest BCUT2D eigenvalue weighted by atomic mass is 31.2. The maximum Gasteiger partial charge on any atom is 0.168 e. The van der Waals surface area contributed by atoms with E-state index >= 15 is 0 Å². The van der Waals surface area contributed by atoms with Crippen LogP contribution in [0.5, 0.6) is 0 Å². The van der Waals surface area contributed by atoms with Gasteiger partial charge in [0.2, 0.25) is 0 Å². The van der Waals surface area contributed by atoms with E-state index in [2.05, 4.69) is 0 Å². The van der Waals surface area contributed by atoms with E-state index in [9.17, 15) is 4.57 Å². The summed E-state index contributed by atoms with van der Waals surface area (Å²) in [6.07, 6.45) is 0. The fourth-order valence-electron chi connectivity index (χ4n) is 0.937. The third-order valence-corrected chi connectivity index (χ3v) is 5.26. The normalized spacial score (nSPS) is 25.3. The van der Waals surface area contributed by atoms with Crippen LogP contribution < -0.4 is 0 Å². The van der Waals surface area contributed by atoms with Gasteiger partial charge in [0.15, 0.2) is 7.14 Å². The number of aliphatic hydroxyl groups is 3. The average Bonchev–Trinajstić information content (AvgIpc) is 1.84. The molecule has 3 N–H and O–H groups in total. The third-order valence-electron chi connectivity index (χ3n) is 1.75. The van der Waals surface area contributed by atoms with Crippen molar-refractivity contribution in [1.82, 2.24) is 0 Å². The van der Waals surface area contributed by atoms with Gasteiger partial charge in [0, 0.05) is 0 Å². The SMILES string of the molecule is CC(O)P(=O)(C(C)O)C(C)O. The van der Waals surface area contributed by atoms with Gasteiger partial charge in [0.1, 0.15) is 17.5 Å². The fourth-order valence-corrected chi connectivity index (χ4v) is 2.81. The van der Waals surface area contributed by atoms with Crippen LogP contribution in [0.4, 0.5) is 0 Å². The first kappa shape index (κ1) is 11.1. The third kappa shape index (κ3) is 2.03. The van der Waals surface area contributed by atoms with Crippen molar-refractivity contribution < 1.29 is 19.9 Å². The lowest BCUT2D eigenvalue weighted by molar-refractivity contribution is 0.193. The van der Waals surface area contributed by atoms with Crippen LogP contribution in [0.2, 0.25) is 0 Å². The molecule has 0 heterocycles. The van der Waals surface area contributed by atoms with E-state index < -0.39 is 24.7 Å². The smallest absolute Gasteiger partial charge is 0.168 e. The van der Waals surface area contributed by atoms with Crippen LogP contribution in [-0.4, -0.2) is 32.9 Å². The van der Waals surface area contributed by atoms with Crippen molar-refractivity contribution in [2.24, 2.45) is 0 Å². The zero-order valence-corrected chi connectivity index (χ0v) is 7.82. The van der Waals surface area contributed by atoms with E-state index in [1.165, 1.54) is 20.8 Å². The Morgan fingerprint density at radius 2 is 1.09 bits per heavy atom. The molecule has 11 heavy (non-hydrogen) atoms. The lowest BCUT2D eigenvalue weighted by atomic mass is 10.8. The molecular formula is C6H15O4P. The van der Waals surface area contributed by atoms with Crippen LogP contribution in [0.3, 0.4) is 0 Å². The first-order valence-electron chi connectivity index (χ1n) is 3.46. The van der Waals surface area contributed by atoms with E-state index in [4.69, 9.17) is 15.3 Å². The molecule has 0 aromatic heterocycles. The molecule has 0 aliphatic heterocycles. The molecule has 0 saturated heterocycles. The summed E-state index contributed by atoms with van der Waals surface area (Å²) in [7, 11) is -3.27. The van der Waals surface area contributed by atoms with Gasteiger partial charge in [-0.25, -0.2) is 0 Å².